The minimum Gasteiger partial charge on any atom is -0.339 e. The molecular formula is C14H19IN2O. The van der Waals surface area contributed by atoms with Gasteiger partial charge in [-0.15, -0.1) is 0 Å². The largest absolute Gasteiger partial charge is 0.339 e. The first kappa shape index (κ1) is 13.8. The smallest absolute Gasteiger partial charge is 0.253 e. The van der Waals surface area contributed by atoms with Gasteiger partial charge in [0.05, 0.1) is 0 Å². The molecule has 1 amide bonds. The van der Waals surface area contributed by atoms with Gasteiger partial charge in [0.1, 0.15) is 0 Å². The molecule has 1 N–H and O–H groups in total. The molecule has 0 atom stereocenters. The summed E-state index contributed by atoms with van der Waals surface area (Å²) in [6, 6.07) is 7.80. The zero-order chi connectivity index (χ0) is 13.2. The Kier molecular flexibility index (Phi) is 4.27. The molecule has 1 aromatic rings. The van der Waals surface area contributed by atoms with Crippen molar-refractivity contribution >= 4 is 28.5 Å². The highest BCUT2D eigenvalue weighted by atomic mass is 127. The van der Waals surface area contributed by atoms with Crippen LogP contribution in [0.3, 0.4) is 0 Å². The third-order valence-electron chi connectivity index (χ3n) is 3.83. The number of halogens is 1. The summed E-state index contributed by atoms with van der Waals surface area (Å²) in [7, 11) is 2.00. The highest BCUT2D eigenvalue weighted by Crippen LogP contribution is 2.22. The zero-order valence-corrected chi connectivity index (χ0v) is 13.0. The van der Waals surface area contributed by atoms with Crippen molar-refractivity contribution in [3.05, 3.63) is 33.4 Å². The monoisotopic (exact) mass is 358 g/mol. The van der Waals surface area contributed by atoms with Gasteiger partial charge in [0.25, 0.3) is 5.91 Å². The summed E-state index contributed by atoms with van der Waals surface area (Å²) in [5.74, 6) is 0.159. The highest BCUT2D eigenvalue weighted by Gasteiger charge is 2.30. The van der Waals surface area contributed by atoms with Gasteiger partial charge in [-0.3, -0.25) is 4.79 Å². The van der Waals surface area contributed by atoms with E-state index in [0.29, 0.717) is 0 Å². The molecule has 98 valence electrons. The molecular weight excluding hydrogens is 339 g/mol. The van der Waals surface area contributed by atoms with E-state index in [0.717, 1.165) is 35.1 Å². The van der Waals surface area contributed by atoms with Crippen LogP contribution in [0.15, 0.2) is 24.3 Å². The summed E-state index contributed by atoms with van der Waals surface area (Å²) in [5.41, 5.74) is 0.983. The molecule has 1 aromatic carbocycles. The summed E-state index contributed by atoms with van der Waals surface area (Å²) in [4.78, 5) is 14.3. The topological polar surface area (TPSA) is 32.3 Å². The number of carbonyl (C=O) groups is 1. The van der Waals surface area contributed by atoms with Gasteiger partial charge in [0.15, 0.2) is 0 Å². The second-order valence-corrected chi connectivity index (χ2v) is 6.36. The molecule has 1 heterocycles. The molecule has 1 saturated heterocycles. The van der Waals surface area contributed by atoms with Gasteiger partial charge in [-0.05, 0) is 67.6 Å². The van der Waals surface area contributed by atoms with Crippen molar-refractivity contribution in [2.24, 2.45) is 0 Å². The maximum Gasteiger partial charge on any atom is 0.253 e. The SMILES string of the molecule is CNC1(C)CCN(C(=O)c2cccc(I)c2)CC1. The van der Waals surface area contributed by atoms with Gasteiger partial charge in [-0.2, -0.15) is 0 Å². The molecule has 0 unspecified atom stereocenters. The minimum atomic E-state index is 0.159. The van der Waals surface area contributed by atoms with E-state index in [2.05, 4.69) is 34.8 Å². The number of likely N-dealkylation sites (tertiary alicyclic amines) is 1. The van der Waals surface area contributed by atoms with Crippen molar-refractivity contribution in [2.45, 2.75) is 25.3 Å². The number of nitrogens with one attached hydrogen (secondary N) is 1. The van der Waals surface area contributed by atoms with Crippen LogP contribution in [-0.4, -0.2) is 36.5 Å². The maximum atomic E-state index is 12.4. The van der Waals surface area contributed by atoms with Gasteiger partial charge < -0.3 is 10.2 Å². The average Bonchev–Trinajstić information content (AvgIpc) is 2.39. The van der Waals surface area contributed by atoms with Crippen LogP contribution in [0.1, 0.15) is 30.1 Å². The highest BCUT2D eigenvalue weighted by molar-refractivity contribution is 14.1. The average molecular weight is 358 g/mol. The lowest BCUT2D eigenvalue weighted by molar-refractivity contribution is 0.0662. The molecule has 4 heteroatoms. The summed E-state index contributed by atoms with van der Waals surface area (Å²) < 4.78 is 1.11. The van der Waals surface area contributed by atoms with Crippen molar-refractivity contribution in [1.82, 2.24) is 10.2 Å². The number of hydrogen-bond acceptors (Lipinski definition) is 2. The van der Waals surface area contributed by atoms with Crippen LogP contribution < -0.4 is 5.32 Å². The summed E-state index contributed by atoms with van der Waals surface area (Å²) in [6.45, 7) is 3.89. The lowest BCUT2D eigenvalue weighted by Crippen LogP contribution is -2.51. The number of amides is 1. The van der Waals surface area contributed by atoms with Crippen LogP contribution in [0.4, 0.5) is 0 Å². The summed E-state index contributed by atoms with van der Waals surface area (Å²) in [6.07, 6.45) is 2.03. The lowest BCUT2D eigenvalue weighted by Gasteiger charge is -2.39. The van der Waals surface area contributed by atoms with E-state index >= 15 is 0 Å². The van der Waals surface area contributed by atoms with Crippen molar-refractivity contribution in [1.29, 1.82) is 0 Å². The number of nitrogens with zero attached hydrogens (tertiary/aromatic N) is 1. The van der Waals surface area contributed by atoms with E-state index < -0.39 is 0 Å². The Balaban J connectivity index is 2.04. The summed E-state index contributed by atoms with van der Waals surface area (Å²) in [5, 5.41) is 3.35. The number of piperidine rings is 1. The molecule has 1 aliphatic heterocycles. The normalized spacial score (nSPS) is 18.7. The van der Waals surface area contributed by atoms with E-state index in [1.807, 2.05) is 36.2 Å². The van der Waals surface area contributed by atoms with Gasteiger partial charge in [0.2, 0.25) is 0 Å². The molecule has 1 aliphatic rings. The van der Waals surface area contributed by atoms with Crippen LogP contribution in [0.25, 0.3) is 0 Å². The molecule has 0 spiro atoms. The standard InChI is InChI=1S/C14H19IN2O/c1-14(16-2)6-8-17(9-7-14)13(18)11-4-3-5-12(15)10-11/h3-5,10,16H,6-9H2,1-2H3. The van der Waals surface area contributed by atoms with E-state index in [9.17, 15) is 4.79 Å². The van der Waals surface area contributed by atoms with Crippen molar-refractivity contribution in [2.75, 3.05) is 20.1 Å². The Morgan fingerprint density at radius 2 is 2.06 bits per heavy atom. The number of benzene rings is 1. The predicted molar refractivity (Wildman–Crippen MR) is 81.8 cm³/mol. The molecule has 0 aliphatic carbocycles. The van der Waals surface area contributed by atoms with Crippen LogP contribution in [-0.2, 0) is 0 Å². The third-order valence-corrected chi connectivity index (χ3v) is 4.50. The zero-order valence-electron chi connectivity index (χ0n) is 10.9. The van der Waals surface area contributed by atoms with Gasteiger partial charge in [0, 0.05) is 27.8 Å². The van der Waals surface area contributed by atoms with Crippen LogP contribution in [0.2, 0.25) is 0 Å². The number of rotatable bonds is 2. The fourth-order valence-corrected chi connectivity index (χ4v) is 2.80. The van der Waals surface area contributed by atoms with E-state index in [1.54, 1.807) is 0 Å². The van der Waals surface area contributed by atoms with Gasteiger partial charge in [-0.25, -0.2) is 0 Å². The third kappa shape index (κ3) is 3.03. The molecule has 18 heavy (non-hydrogen) atoms. The van der Waals surface area contributed by atoms with Crippen molar-refractivity contribution in [3.8, 4) is 0 Å². The fraction of sp³-hybridized carbons (Fsp3) is 0.500. The molecule has 0 aromatic heterocycles. The fourth-order valence-electron chi connectivity index (χ4n) is 2.26. The molecule has 0 bridgehead atoms. The van der Waals surface area contributed by atoms with Crippen molar-refractivity contribution in [3.63, 3.8) is 0 Å². The molecule has 0 radical (unpaired) electrons. The maximum absolute atomic E-state index is 12.4. The second-order valence-electron chi connectivity index (χ2n) is 5.11. The van der Waals surface area contributed by atoms with Gasteiger partial charge >= 0.3 is 0 Å². The van der Waals surface area contributed by atoms with Gasteiger partial charge in [-0.1, -0.05) is 6.07 Å². The first-order chi connectivity index (χ1) is 8.54. The predicted octanol–water partition coefficient (Wildman–Crippen LogP) is 2.51. The summed E-state index contributed by atoms with van der Waals surface area (Å²) >= 11 is 2.24. The lowest BCUT2D eigenvalue weighted by atomic mass is 9.89. The second kappa shape index (κ2) is 5.57. The molecule has 1 fully saturated rings. The van der Waals surface area contributed by atoms with E-state index in [4.69, 9.17) is 0 Å². The van der Waals surface area contributed by atoms with Crippen molar-refractivity contribution < 1.29 is 4.79 Å². The Labute approximate surface area is 122 Å². The first-order valence-corrected chi connectivity index (χ1v) is 7.36. The minimum absolute atomic E-state index is 0.159. The Morgan fingerprint density at radius 3 is 2.61 bits per heavy atom. The molecule has 3 nitrogen and oxygen atoms in total. The quantitative estimate of drug-likeness (QED) is 0.824. The van der Waals surface area contributed by atoms with Crippen LogP contribution >= 0.6 is 22.6 Å². The Bertz CT molecular complexity index is 439. The van der Waals surface area contributed by atoms with Crippen LogP contribution in [0.5, 0.6) is 0 Å². The van der Waals surface area contributed by atoms with E-state index in [-0.39, 0.29) is 11.4 Å². The Hall–Kier alpha value is -0.620. The first-order valence-electron chi connectivity index (χ1n) is 6.28. The van der Waals surface area contributed by atoms with Crippen LogP contribution in [0, 0.1) is 3.57 Å². The number of hydrogen-bond donors (Lipinski definition) is 1. The Morgan fingerprint density at radius 1 is 1.39 bits per heavy atom. The van der Waals surface area contributed by atoms with E-state index in [1.165, 1.54) is 0 Å². The molecule has 2 rings (SSSR count). The number of carbonyl (C=O) groups excluding carboxylic acids is 1. The molecule has 0 saturated carbocycles.